The van der Waals surface area contributed by atoms with E-state index in [-0.39, 0.29) is 6.10 Å². The predicted octanol–water partition coefficient (Wildman–Crippen LogP) is 4.38. The molecule has 0 fully saturated rings. The van der Waals surface area contributed by atoms with E-state index in [1.807, 2.05) is 0 Å². The van der Waals surface area contributed by atoms with E-state index in [0.29, 0.717) is 0 Å². The summed E-state index contributed by atoms with van der Waals surface area (Å²) in [7, 11) is 0. The average molecular weight is 260 g/mol. The van der Waals surface area contributed by atoms with Gasteiger partial charge in [0.15, 0.2) is 0 Å². The van der Waals surface area contributed by atoms with Gasteiger partial charge in [-0.05, 0) is 12.8 Å². The molecule has 18 heavy (non-hydrogen) atoms. The molecule has 0 amide bonds. The van der Waals surface area contributed by atoms with Crippen molar-refractivity contribution in [1.29, 1.82) is 0 Å². The normalized spacial score (nSPS) is 11.6. The van der Waals surface area contributed by atoms with Crippen molar-refractivity contribution in [2.75, 3.05) is 0 Å². The third-order valence-corrected chi connectivity index (χ3v) is 2.78. The number of aliphatic hydroxyl groups excluding tert-OH is 1. The molecule has 0 radical (unpaired) electrons. The number of unbranched alkanes of at least 4 members (excludes halogenated alkanes) is 6. The van der Waals surface area contributed by atoms with Crippen LogP contribution < -0.4 is 0 Å². The van der Waals surface area contributed by atoms with Gasteiger partial charge in [0, 0.05) is 6.92 Å². The zero-order chi connectivity index (χ0) is 14.2. The van der Waals surface area contributed by atoms with Crippen LogP contribution in [0.1, 0.15) is 85.0 Å². The Hall–Kier alpha value is -0.570. The van der Waals surface area contributed by atoms with E-state index < -0.39 is 5.97 Å². The van der Waals surface area contributed by atoms with Gasteiger partial charge in [0.1, 0.15) is 0 Å². The van der Waals surface area contributed by atoms with E-state index in [9.17, 15) is 5.11 Å². The lowest BCUT2D eigenvalue weighted by atomic mass is 10.0. The lowest BCUT2D eigenvalue weighted by molar-refractivity contribution is -0.134. The molecule has 0 aliphatic rings. The zero-order valence-electron chi connectivity index (χ0n) is 12.5. The first kappa shape index (κ1) is 19.8. The number of carboxylic acids is 1. The number of aliphatic carboxylic acids is 1. The van der Waals surface area contributed by atoms with Crippen LogP contribution in [-0.4, -0.2) is 22.3 Å². The molecule has 0 aromatic carbocycles. The van der Waals surface area contributed by atoms with Crippen LogP contribution in [0.15, 0.2) is 0 Å². The van der Waals surface area contributed by atoms with Crippen molar-refractivity contribution in [3.63, 3.8) is 0 Å². The summed E-state index contributed by atoms with van der Waals surface area (Å²) in [6.07, 6.45) is 12.3. The van der Waals surface area contributed by atoms with Gasteiger partial charge in [-0.1, -0.05) is 65.2 Å². The zero-order valence-corrected chi connectivity index (χ0v) is 12.5. The highest BCUT2D eigenvalue weighted by atomic mass is 16.4. The van der Waals surface area contributed by atoms with Gasteiger partial charge in [0.05, 0.1) is 6.10 Å². The molecule has 3 nitrogen and oxygen atoms in total. The van der Waals surface area contributed by atoms with Gasteiger partial charge in [0.25, 0.3) is 5.97 Å². The minimum atomic E-state index is -0.833. The fraction of sp³-hybridized carbons (Fsp3) is 0.933. The first-order valence-corrected chi connectivity index (χ1v) is 7.42. The van der Waals surface area contributed by atoms with E-state index >= 15 is 0 Å². The Morgan fingerprint density at radius 1 is 0.889 bits per heavy atom. The Morgan fingerprint density at radius 3 is 1.67 bits per heavy atom. The molecule has 0 aromatic heterocycles. The van der Waals surface area contributed by atoms with Crippen molar-refractivity contribution in [1.82, 2.24) is 0 Å². The third-order valence-electron chi connectivity index (χ3n) is 2.78. The molecule has 0 saturated heterocycles. The molecule has 0 rings (SSSR count). The Morgan fingerprint density at radius 2 is 1.22 bits per heavy atom. The van der Waals surface area contributed by atoms with Crippen LogP contribution in [0.5, 0.6) is 0 Å². The lowest BCUT2D eigenvalue weighted by Gasteiger charge is -2.09. The van der Waals surface area contributed by atoms with Crippen LogP contribution in [0.4, 0.5) is 0 Å². The molecule has 0 saturated carbocycles. The smallest absolute Gasteiger partial charge is 0.300 e. The second-order valence-electron chi connectivity index (χ2n) is 4.87. The highest BCUT2D eigenvalue weighted by Crippen LogP contribution is 2.11. The predicted molar refractivity (Wildman–Crippen MR) is 76.8 cm³/mol. The number of rotatable bonds is 10. The Labute approximate surface area is 113 Å². The number of hydrogen-bond donors (Lipinski definition) is 2. The second-order valence-corrected chi connectivity index (χ2v) is 4.87. The third kappa shape index (κ3) is 24.6. The highest BCUT2D eigenvalue weighted by Gasteiger charge is 2.02. The van der Waals surface area contributed by atoms with E-state index in [0.717, 1.165) is 19.8 Å². The number of aliphatic hydroxyl groups is 1. The average Bonchev–Trinajstić information content (AvgIpc) is 2.28. The monoisotopic (exact) mass is 260 g/mol. The summed E-state index contributed by atoms with van der Waals surface area (Å²) in [5, 5.41) is 17.0. The summed E-state index contributed by atoms with van der Waals surface area (Å²) in [4.78, 5) is 9.00. The molecule has 3 heteroatoms. The van der Waals surface area contributed by atoms with Crippen molar-refractivity contribution in [2.24, 2.45) is 0 Å². The van der Waals surface area contributed by atoms with Crippen molar-refractivity contribution in [3.05, 3.63) is 0 Å². The van der Waals surface area contributed by atoms with Gasteiger partial charge < -0.3 is 10.2 Å². The summed E-state index contributed by atoms with van der Waals surface area (Å²) < 4.78 is 0. The molecular weight excluding hydrogens is 228 g/mol. The van der Waals surface area contributed by atoms with Crippen molar-refractivity contribution in [3.8, 4) is 0 Å². The maximum Gasteiger partial charge on any atom is 0.300 e. The van der Waals surface area contributed by atoms with Crippen molar-refractivity contribution < 1.29 is 15.0 Å². The van der Waals surface area contributed by atoms with Gasteiger partial charge in [-0.25, -0.2) is 0 Å². The Bertz CT molecular complexity index is 165. The summed E-state index contributed by atoms with van der Waals surface area (Å²) in [6.45, 7) is 5.52. The molecular formula is C15H32O3. The Kier molecular flexibility index (Phi) is 18.0. The van der Waals surface area contributed by atoms with Crippen molar-refractivity contribution in [2.45, 2.75) is 91.1 Å². The summed E-state index contributed by atoms with van der Waals surface area (Å²) in [5.74, 6) is -0.833. The Balaban J connectivity index is 0. The van der Waals surface area contributed by atoms with E-state index in [1.165, 1.54) is 51.4 Å². The van der Waals surface area contributed by atoms with Gasteiger partial charge >= 0.3 is 0 Å². The number of carbonyl (C=O) groups is 1. The van der Waals surface area contributed by atoms with Crippen LogP contribution >= 0.6 is 0 Å². The van der Waals surface area contributed by atoms with E-state index in [2.05, 4.69) is 13.8 Å². The van der Waals surface area contributed by atoms with Crippen molar-refractivity contribution >= 4 is 5.97 Å². The largest absolute Gasteiger partial charge is 0.481 e. The van der Waals surface area contributed by atoms with Crippen LogP contribution in [0.2, 0.25) is 0 Å². The SMILES string of the molecule is CC(=O)O.CCCCCCCC(O)CCCCC. The molecule has 0 heterocycles. The minimum Gasteiger partial charge on any atom is -0.481 e. The van der Waals surface area contributed by atoms with Gasteiger partial charge in [0.2, 0.25) is 0 Å². The molecule has 1 atom stereocenters. The van der Waals surface area contributed by atoms with Crippen LogP contribution in [0.25, 0.3) is 0 Å². The highest BCUT2D eigenvalue weighted by molar-refractivity contribution is 5.62. The fourth-order valence-electron chi connectivity index (χ4n) is 1.76. The quantitative estimate of drug-likeness (QED) is 0.573. The van der Waals surface area contributed by atoms with E-state index in [1.54, 1.807) is 0 Å². The first-order valence-electron chi connectivity index (χ1n) is 7.42. The van der Waals surface area contributed by atoms with Crippen LogP contribution in [0, 0.1) is 0 Å². The fourth-order valence-corrected chi connectivity index (χ4v) is 1.76. The summed E-state index contributed by atoms with van der Waals surface area (Å²) in [5.41, 5.74) is 0. The maximum atomic E-state index is 9.63. The summed E-state index contributed by atoms with van der Waals surface area (Å²) >= 11 is 0. The van der Waals surface area contributed by atoms with Gasteiger partial charge in [-0.2, -0.15) is 0 Å². The molecule has 0 aliphatic heterocycles. The summed E-state index contributed by atoms with van der Waals surface area (Å²) in [6, 6.07) is 0. The van der Waals surface area contributed by atoms with Gasteiger partial charge in [-0.3, -0.25) is 4.79 Å². The topological polar surface area (TPSA) is 57.5 Å². The molecule has 2 N–H and O–H groups in total. The van der Waals surface area contributed by atoms with E-state index in [4.69, 9.17) is 9.90 Å². The molecule has 110 valence electrons. The number of carboxylic acid groups (broad SMARTS) is 1. The molecule has 0 aromatic rings. The second kappa shape index (κ2) is 16.4. The standard InChI is InChI=1S/C13H28O.C2H4O2/c1-3-5-7-8-10-12-13(14)11-9-6-4-2;1-2(3)4/h13-14H,3-12H2,1-2H3;1H3,(H,3,4). The molecule has 0 bridgehead atoms. The maximum absolute atomic E-state index is 9.63. The van der Waals surface area contributed by atoms with Gasteiger partial charge in [-0.15, -0.1) is 0 Å². The number of hydrogen-bond acceptors (Lipinski definition) is 2. The molecule has 0 aliphatic carbocycles. The lowest BCUT2D eigenvalue weighted by Crippen LogP contribution is -2.05. The van der Waals surface area contributed by atoms with Crippen LogP contribution in [0.3, 0.4) is 0 Å². The van der Waals surface area contributed by atoms with Crippen LogP contribution in [-0.2, 0) is 4.79 Å². The first-order chi connectivity index (χ1) is 8.54. The molecule has 0 spiro atoms. The minimum absolute atomic E-state index is 0.0248. The molecule has 1 unspecified atom stereocenters.